The maximum atomic E-state index is 11.7. The molecule has 1 fully saturated rings. The number of likely N-dealkylation sites (tertiary alicyclic amines) is 1. The van der Waals surface area contributed by atoms with Crippen molar-refractivity contribution >= 4 is 15.5 Å². The van der Waals surface area contributed by atoms with Gasteiger partial charge in [0.2, 0.25) is 0 Å². The van der Waals surface area contributed by atoms with Crippen molar-refractivity contribution < 1.29 is 8.42 Å². The van der Waals surface area contributed by atoms with E-state index in [9.17, 15) is 8.42 Å². The highest BCUT2D eigenvalue weighted by Crippen LogP contribution is 2.20. The molecule has 1 heterocycles. The standard InChI is InChI=1S/C16H26N2O2S/c1-3-21(19,20)13-12-18-11-7-10-16(18)14-17(2)15-8-5-4-6-9-15/h4-6,8-9,16H,3,7,10-14H2,1-2H3/t16-/m1/s1. The molecule has 1 aliphatic heterocycles. The largest absolute Gasteiger partial charge is 0.373 e. The maximum absolute atomic E-state index is 11.7. The lowest BCUT2D eigenvalue weighted by Gasteiger charge is -2.29. The molecule has 0 spiro atoms. The van der Waals surface area contributed by atoms with E-state index in [0.29, 0.717) is 12.6 Å². The van der Waals surface area contributed by atoms with Crippen molar-refractivity contribution in [1.82, 2.24) is 4.90 Å². The first kappa shape index (κ1) is 16.3. The van der Waals surface area contributed by atoms with E-state index in [0.717, 1.165) is 19.5 Å². The highest BCUT2D eigenvalue weighted by molar-refractivity contribution is 7.91. The predicted molar refractivity (Wildman–Crippen MR) is 88.6 cm³/mol. The lowest BCUT2D eigenvalue weighted by Crippen LogP contribution is -2.41. The van der Waals surface area contributed by atoms with Crippen LogP contribution in [0, 0.1) is 0 Å². The third-order valence-electron chi connectivity index (χ3n) is 4.31. The summed E-state index contributed by atoms with van der Waals surface area (Å²) in [5, 5.41) is 0. The number of benzene rings is 1. The van der Waals surface area contributed by atoms with E-state index < -0.39 is 9.84 Å². The Labute approximate surface area is 128 Å². The SMILES string of the molecule is CCS(=O)(=O)CCN1CCC[C@@H]1CN(C)c1ccccc1. The second-order valence-corrected chi connectivity index (χ2v) is 8.26. The summed E-state index contributed by atoms with van der Waals surface area (Å²) >= 11 is 0. The second kappa shape index (κ2) is 7.27. The van der Waals surface area contributed by atoms with Gasteiger partial charge in [-0.1, -0.05) is 25.1 Å². The fraction of sp³-hybridized carbons (Fsp3) is 0.625. The van der Waals surface area contributed by atoms with Gasteiger partial charge in [0.15, 0.2) is 9.84 Å². The molecule has 1 atom stereocenters. The topological polar surface area (TPSA) is 40.6 Å². The van der Waals surface area contributed by atoms with Gasteiger partial charge in [-0.2, -0.15) is 0 Å². The summed E-state index contributed by atoms with van der Waals surface area (Å²) in [6, 6.07) is 10.8. The van der Waals surface area contributed by atoms with Crippen LogP contribution in [0.5, 0.6) is 0 Å². The highest BCUT2D eigenvalue weighted by Gasteiger charge is 2.26. The third kappa shape index (κ3) is 4.71. The molecule has 5 heteroatoms. The monoisotopic (exact) mass is 310 g/mol. The van der Waals surface area contributed by atoms with Crippen molar-refractivity contribution in [1.29, 1.82) is 0 Å². The van der Waals surface area contributed by atoms with Crippen molar-refractivity contribution in [2.45, 2.75) is 25.8 Å². The van der Waals surface area contributed by atoms with Gasteiger partial charge < -0.3 is 4.90 Å². The van der Waals surface area contributed by atoms with E-state index in [1.165, 1.54) is 12.1 Å². The quantitative estimate of drug-likeness (QED) is 0.772. The number of nitrogens with zero attached hydrogens (tertiary/aromatic N) is 2. The Morgan fingerprint density at radius 1 is 1.29 bits per heavy atom. The summed E-state index contributed by atoms with van der Waals surface area (Å²) in [7, 11) is -0.761. The summed E-state index contributed by atoms with van der Waals surface area (Å²) in [6.07, 6.45) is 2.32. The van der Waals surface area contributed by atoms with Crippen LogP contribution in [0.25, 0.3) is 0 Å². The van der Waals surface area contributed by atoms with Gasteiger partial charge >= 0.3 is 0 Å². The number of hydrogen-bond donors (Lipinski definition) is 0. The summed E-state index contributed by atoms with van der Waals surface area (Å²) in [6.45, 7) is 4.37. The van der Waals surface area contributed by atoms with Crippen LogP contribution in [0.3, 0.4) is 0 Å². The second-order valence-electron chi connectivity index (χ2n) is 5.78. The number of para-hydroxylation sites is 1. The van der Waals surface area contributed by atoms with Crippen LogP contribution in [-0.4, -0.2) is 57.5 Å². The van der Waals surface area contributed by atoms with Gasteiger partial charge in [-0.15, -0.1) is 0 Å². The van der Waals surface area contributed by atoms with Crippen LogP contribution < -0.4 is 4.90 Å². The Morgan fingerprint density at radius 2 is 2.00 bits per heavy atom. The number of likely N-dealkylation sites (N-methyl/N-ethyl adjacent to an activating group) is 1. The van der Waals surface area contributed by atoms with Crippen LogP contribution in [0.4, 0.5) is 5.69 Å². The first-order chi connectivity index (χ1) is 10.0. The highest BCUT2D eigenvalue weighted by atomic mass is 32.2. The average molecular weight is 310 g/mol. The zero-order valence-corrected chi connectivity index (χ0v) is 13.8. The predicted octanol–water partition coefficient (Wildman–Crippen LogP) is 2.02. The molecular formula is C16H26N2O2S. The van der Waals surface area contributed by atoms with Crippen LogP contribution in [-0.2, 0) is 9.84 Å². The van der Waals surface area contributed by atoms with Crippen molar-refractivity contribution in [2.75, 3.05) is 43.1 Å². The Hall–Kier alpha value is -1.07. The molecule has 21 heavy (non-hydrogen) atoms. The van der Waals surface area contributed by atoms with Crippen LogP contribution in [0.1, 0.15) is 19.8 Å². The summed E-state index contributed by atoms with van der Waals surface area (Å²) in [5.74, 6) is 0.532. The van der Waals surface area contributed by atoms with E-state index in [4.69, 9.17) is 0 Å². The smallest absolute Gasteiger partial charge is 0.151 e. The first-order valence-electron chi connectivity index (χ1n) is 7.72. The fourth-order valence-electron chi connectivity index (χ4n) is 2.90. The van der Waals surface area contributed by atoms with Gasteiger partial charge in [-0.25, -0.2) is 8.42 Å². The van der Waals surface area contributed by atoms with Crippen molar-refractivity contribution in [3.05, 3.63) is 30.3 Å². The van der Waals surface area contributed by atoms with Gasteiger partial charge in [0.1, 0.15) is 0 Å². The summed E-state index contributed by atoms with van der Waals surface area (Å²) in [5.41, 5.74) is 1.21. The van der Waals surface area contributed by atoms with Crippen molar-refractivity contribution in [3.63, 3.8) is 0 Å². The number of anilines is 1. The molecule has 0 saturated carbocycles. The lowest BCUT2D eigenvalue weighted by molar-refractivity contribution is 0.271. The van der Waals surface area contributed by atoms with Gasteiger partial charge in [0.25, 0.3) is 0 Å². The average Bonchev–Trinajstić information content (AvgIpc) is 2.93. The zero-order chi connectivity index (χ0) is 15.3. The molecule has 0 unspecified atom stereocenters. The van der Waals surface area contributed by atoms with E-state index in [-0.39, 0.29) is 11.5 Å². The van der Waals surface area contributed by atoms with Gasteiger partial charge in [-0.05, 0) is 31.5 Å². The first-order valence-corrected chi connectivity index (χ1v) is 9.54. The fourth-order valence-corrected chi connectivity index (χ4v) is 3.70. The number of hydrogen-bond acceptors (Lipinski definition) is 4. The maximum Gasteiger partial charge on any atom is 0.151 e. The minimum atomic E-state index is -2.87. The van der Waals surface area contributed by atoms with Crippen LogP contribution in [0.2, 0.25) is 0 Å². The Morgan fingerprint density at radius 3 is 2.67 bits per heavy atom. The van der Waals surface area contributed by atoms with Crippen LogP contribution >= 0.6 is 0 Å². The molecular weight excluding hydrogens is 284 g/mol. The van der Waals surface area contributed by atoms with Gasteiger partial charge in [0, 0.05) is 37.6 Å². The molecule has 0 radical (unpaired) electrons. The minimum Gasteiger partial charge on any atom is -0.373 e. The normalized spacial score (nSPS) is 19.8. The molecule has 118 valence electrons. The molecule has 1 saturated heterocycles. The van der Waals surface area contributed by atoms with Gasteiger partial charge in [-0.3, -0.25) is 4.90 Å². The zero-order valence-electron chi connectivity index (χ0n) is 13.0. The molecule has 1 aromatic rings. The molecule has 0 aliphatic carbocycles. The van der Waals surface area contributed by atoms with E-state index in [1.807, 2.05) is 18.2 Å². The molecule has 4 nitrogen and oxygen atoms in total. The Bertz CT molecular complexity index is 530. The summed E-state index contributed by atoms with van der Waals surface area (Å²) in [4.78, 5) is 4.60. The Balaban J connectivity index is 1.90. The van der Waals surface area contributed by atoms with Gasteiger partial charge in [0.05, 0.1) is 5.75 Å². The van der Waals surface area contributed by atoms with E-state index in [1.54, 1.807) is 6.92 Å². The molecule has 2 rings (SSSR count). The minimum absolute atomic E-state index is 0.245. The molecule has 1 aliphatic rings. The van der Waals surface area contributed by atoms with E-state index in [2.05, 4.69) is 29.0 Å². The Kier molecular flexibility index (Phi) is 5.65. The lowest BCUT2D eigenvalue weighted by atomic mass is 10.2. The third-order valence-corrected chi connectivity index (χ3v) is 5.99. The molecule has 1 aromatic carbocycles. The van der Waals surface area contributed by atoms with E-state index >= 15 is 0 Å². The molecule has 0 bridgehead atoms. The number of rotatable bonds is 7. The summed E-state index contributed by atoms with van der Waals surface area (Å²) < 4.78 is 23.3. The number of sulfone groups is 1. The van der Waals surface area contributed by atoms with Crippen molar-refractivity contribution in [3.8, 4) is 0 Å². The molecule has 0 aromatic heterocycles. The molecule has 0 N–H and O–H groups in total. The van der Waals surface area contributed by atoms with Crippen molar-refractivity contribution in [2.24, 2.45) is 0 Å². The van der Waals surface area contributed by atoms with Crippen LogP contribution in [0.15, 0.2) is 30.3 Å². The molecule has 0 amide bonds.